The Labute approximate surface area is 86.0 Å². The summed E-state index contributed by atoms with van der Waals surface area (Å²) < 4.78 is 0. The number of nitrogens with zero attached hydrogens (tertiary/aromatic N) is 1. The van der Waals surface area contributed by atoms with Crippen LogP contribution in [0.15, 0.2) is 11.7 Å². The molecule has 1 fully saturated rings. The Morgan fingerprint density at radius 3 is 3.29 bits per heavy atom. The molecule has 2 N–H and O–H groups in total. The lowest BCUT2D eigenvalue weighted by Gasteiger charge is -2.15. The van der Waals surface area contributed by atoms with Crippen LogP contribution < -0.4 is 5.32 Å². The normalized spacial score (nSPS) is 26.6. The Morgan fingerprint density at radius 1 is 1.79 bits per heavy atom. The molecular formula is C9H12N2O2S. The molecular weight excluding hydrogens is 200 g/mol. The molecule has 0 radical (unpaired) electrons. The van der Waals surface area contributed by atoms with Gasteiger partial charge in [-0.05, 0) is 18.9 Å². The van der Waals surface area contributed by atoms with E-state index < -0.39 is 5.97 Å². The molecule has 2 unspecified atom stereocenters. The number of carboxylic acids is 1. The van der Waals surface area contributed by atoms with E-state index >= 15 is 0 Å². The highest BCUT2D eigenvalue weighted by Crippen LogP contribution is 2.33. The minimum atomic E-state index is -0.715. The molecule has 14 heavy (non-hydrogen) atoms. The molecule has 4 nitrogen and oxygen atoms in total. The van der Waals surface area contributed by atoms with Crippen LogP contribution in [-0.2, 0) is 4.79 Å². The zero-order valence-electron chi connectivity index (χ0n) is 7.64. The Kier molecular flexibility index (Phi) is 2.79. The fourth-order valence-electron chi connectivity index (χ4n) is 1.91. The quantitative estimate of drug-likeness (QED) is 0.792. The number of aromatic nitrogens is 1. The van der Waals surface area contributed by atoms with Gasteiger partial charge in [0.1, 0.15) is 0 Å². The second-order valence-electron chi connectivity index (χ2n) is 3.48. The molecule has 2 rings (SSSR count). The highest BCUT2D eigenvalue weighted by molar-refractivity contribution is 7.09. The summed E-state index contributed by atoms with van der Waals surface area (Å²) in [6.45, 7) is 0.903. The standard InChI is InChI=1S/C9H12N2O2S/c12-8(13)3-6-1-2-11-9(6)7-4-10-5-14-7/h4-6,9,11H,1-3H2,(H,12,13). The van der Waals surface area contributed by atoms with E-state index in [1.165, 1.54) is 0 Å². The van der Waals surface area contributed by atoms with E-state index in [1.807, 2.05) is 6.20 Å². The molecule has 2 heterocycles. The van der Waals surface area contributed by atoms with E-state index in [0.717, 1.165) is 17.8 Å². The van der Waals surface area contributed by atoms with E-state index in [-0.39, 0.29) is 18.4 Å². The van der Waals surface area contributed by atoms with E-state index in [4.69, 9.17) is 5.11 Å². The van der Waals surface area contributed by atoms with Crippen LogP contribution in [0.25, 0.3) is 0 Å². The highest BCUT2D eigenvalue weighted by atomic mass is 32.1. The summed E-state index contributed by atoms with van der Waals surface area (Å²) in [5.74, 6) is -0.499. The number of hydrogen-bond donors (Lipinski definition) is 2. The predicted molar refractivity (Wildman–Crippen MR) is 53.2 cm³/mol. The van der Waals surface area contributed by atoms with Crippen molar-refractivity contribution in [2.45, 2.75) is 18.9 Å². The van der Waals surface area contributed by atoms with Crippen molar-refractivity contribution in [3.63, 3.8) is 0 Å². The molecule has 1 aliphatic heterocycles. The predicted octanol–water partition coefficient (Wildman–Crippen LogP) is 1.27. The average Bonchev–Trinajstić information content (AvgIpc) is 2.70. The van der Waals surface area contributed by atoms with Crippen molar-refractivity contribution in [1.29, 1.82) is 0 Å². The molecule has 1 aromatic rings. The topological polar surface area (TPSA) is 62.2 Å². The lowest BCUT2D eigenvalue weighted by Crippen LogP contribution is -2.18. The van der Waals surface area contributed by atoms with E-state index in [9.17, 15) is 4.79 Å². The summed E-state index contributed by atoms with van der Waals surface area (Å²) in [6.07, 6.45) is 3.01. The van der Waals surface area contributed by atoms with Gasteiger partial charge < -0.3 is 10.4 Å². The van der Waals surface area contributed by atoms with Gasteiger partial charge in [-0.1, -0.05) is 0 Å². The fraction of sp³-hybridized carbons (Fsp3) is 0.556. The van der Waals surface area contributed by atoms with Crippen LogP contribution in [-0.4, -0.2) is 22.6 Å². The number of carboxylic acid groups (broad SMARTS) is 1. The zero-order chi connectivity index (χ0) is 9.97. The molecule has 2 atom stereocenters. The summed E-state index contributed by atoms with van der Waals surface area (Å²) in [5, 5.41) is 12.1. The van der Waals surface area contributed by atoms with Crippen molar-refractivity contribution in [3.8, 4) is 0 Å². The summed E-state index contributed by atoms with van der Waals surface area (Å²) in [5.41, 5.74) is 1.78. The second kappa shape index (κ2) is 4.06. The molecule has 0 aliphatic carbocycles. The number of rotatable bonds is 3. The number of aliphatic carboxylic acids is 1. The van der Waals surface area contributed by atoms with Crippen LogP contribution in [0.3, 0.4) is 0 Å². The molecule has 1 aliphatic rings. The molecule has 0 bridgehead atoms. The van der Waals surface area contributed by atoms with Crippen molar-refractivity contribution in [1.82, 2.24) is 10.3 Å². The maximum Gasteiger partial charge on any atom is 0.303 e. The molecule has 0 saturated carbocycles. The summed E-state index contributed by atoms with van der Waals surface area (Å²) in [6, 6.07) is 0.193. The maximum absolute atomic E-state index is 10.6. The number of carbonyl (C=O) groups is 1. The van der Waals surface area contributed by atoms with Gasteiger partial charge in [0.25, 0.3) is 0 Å². The SMILES string of the molecule is O=C(O)CC1CCNC1c1cncs1. The smallest absolute Gasteiger partial charge is 0.303 e. The molecule has 0 aromatic carbocycles. The molecule has 5 heteroatoms. The lowest BCUT2D eigenvalue weighted by molar-refractivity contribution is -0.138. The Morgan fingerprint density at radius 2 is 2.64 bits per heavy atom. The third-order valence-corrected chi connectivity index (χ3v) is 3.40. The van der Waals surface area contributed by atoms with Crippen LogP contribution >= 0.6 is 11.3 Å². The number of hydrogen-bond acceptors (Lipinski definition) is 4. The van der Waals surface area contributed by atoms with Gasteiger partial charge in [-0.3, -0.25) is 9.78 Å². The largest absolute Gasteiger partial charge is 0.481 e. The van der Waals surface area contributed by atoms with Gasteiger partial charge in [-0.15, -0.1) is 11.3 Å². The Balaban J connectivity index is 2.07. The van der Waals surface area contributed by atoms with E-state index in [1.54, 1.807) is 16.8 Å². The average molecular weight is 212 g/mol. The first-order chi connectivity index (χ1) is 6.77. The molecule has 1 aromatic heterocycles. The third-order valence-electron chi connectivity index (χ3n) is 2.55. The molecule has 1 saturated heterocycles. The molecule has 76 valence electrons. The van der Waals surface area contributed by atoms with E-state index in [2.05, 4.69) is 10.3 Å². The molecule has 0 spiro atoms. The minimum absolute atomic E-state index is 0.193. The first-order valence-corrected chi connectivity index (χ1v) is 5.49. The van der Waals surface area contributed by atoms with Gasteiger partial charge in [0.15, 0.2) is 0 Å². The van der Waals surface area contributed by atoms with Crippen LogP contribution in [0.4, 0.5) is 0 Å². The van der Waals surface area contributed by atoms with Crippen molar-refractivity contribution >= 4 is 17.3 Å². The van der Waals surface area contributed by atoms with Crippen LogP contribution in [0.1, 0.15) is 23.8 Å². The zero-order valence-corrected chi connectivity index (χ0v) is 8.46. The highest BCUT2D eigenvalue weighted by Gasteiger charge is 2.30. The van der Waals surface area contributed by atoms with Gasteiger partial charge >= 0.3 is 5.97 Å². The first-order valence-electron chi connectivity index (χ1n) is 4.61. The molecule has 0 amide bonds. The number of thiazole rings is 1. The maximum atomic E-state index is 10.6. The summed E-state index contributed by atoms with van der Waals surface area (Å²) in [4.78, 5) is 15.8. The third kappa shape index (κ3) is 1.93. The summed E-state index contributed by atoms with van der Waals surface area (Å²) >= 11 is 1.58. The van der Waals surface area contributed by atoms with Crippen LogP contribution in [0, 0.1) is 5.92 Å². The number of nitrogens with one attached hydrogen (secondary N) is 1. The van der Waals surface area contributed by atoms with Crippen molar-refractivity contribution < 1.29 is 9.90 Å². The van der Waals surface area contributed by atoms with Gasteiger partial charge in [0, 0.05) is 17.1 Å². The Bertz CT molecular complexity index is 313. The van der Waals surface area contributed by atoms with Crippen LogP contribution in [0.2, 0.25) is 0 Å². The summed E-state index contributed by atoms with van der Waals surface area (Å²) in [7, 11) is 0. The van der Waals surface area contributed by atoms with Gasteiger partial charge in [-0.25, -0.2) is 0 Å². The van der Waals surface area contributed by atoms with E-state index in [0.29, 0.717) is 0 Å². The van der Waals surface area contributed by atoms with Gasteiger partial charge in [0.05, 0.1) is 11.9 Å². The van der Waals surface area contributed by atoms with Crippen molar-refractivity contribution in [2.75, 3.05) is 6.54 Å². The Hall–Kier alpha value is -0.940. The minimum Gasteiger partial charge on any atom is -0.481 e. The second-order valence-corrected chi connectivity index (χ2v) is 4.40. The lowest BCUT2D eigenvalue weighted by atomic mass is 9.96. The monoisotopic (exact) mass is 212 g/mol. The van der Waals surface area contributed by atoms with Gasteiger partial charge in [-0.2, -0.15) is 0 Å². The van der Waals surface area contributed by atoms with Crippen molar-refractivity contribution in [3.05, 3.63) is 16.6 Å². The first kappa shape index (κ1) is 9.61. The fourth-order valence-corrected chi connectivity index (χ4v) is 2.70. The van der Waals surface area contributed by atoms with Crippen molar-refractivity contribution in [2.24, 2.45) is 5.92 Å². The van der Waals surface area contributed by atoms with Crippen LogP contribution in [0.5, 0.6) is 0 Å². The van der Waals surface area contributed by atoms with Gasteiger partial charge in [0.2, 0.25) is 0 Å².